The Morgan fingerprint density at radius 2 is 1.34 bits per heavy atom. The van der Waals surface area contributed by atoms with Gasteiger partial charge in [-0.25, -0.2) is 0 Å². The third-order valence-corrected chi connectivity index (χ3v) is 11.8. The number of fused-ring (bicyclic) bond motifs is 2. The van der Waals surface area contributed by atoms with Gasteiger partial charge < -0.3 is 9.55 Å². The number of aromatic nitrogens is 3. The summed E-state index contributed by atoms with van der Waals surface area (Å²) in [4.78, 5) is 9.92. The first-order valence-corrected chi connectivity index (χ1v) is 22.3. The van der Waals surface area contributed by atoms with E-state index in [4.69, 9.17) is 4.98 Å². The zero-order valence-corrected chi connectivity index (χ0v) is 40.3. The predicted octanol–water partition coefficient (Wildman–Crippen LogP) is 15.7. The second kappa shape index (κ2) is 18.9. The van der Waals surface area contributed by atoms with E-state index in [1.807, 2.05) is 24.4 Å². The molecule has 0 saturated carbocycles. The number of rotatable bonds is 8. The van der Waals surface area contributed by atoms with Crippen molar-refractivity contribution >= 4 is 32.5 Å². The Balaban J connectivity index is 0.000000233. The van der Waals surface area contributed by atoms with Crippen molar-refractivity contribution in [3.05, 3.63) is 186 Å². The Bertz CT molecular complexity index is 2840. The SMILES string of the molecule is CC(C)(C)Cc1ccc2c(-c3nc4ccccc4n3-c3c(-c4ccccc4)cccc3-c3ccccc3)[c-]sc2c1.CC(C)Cc1cc(-c2[c-]cccc2)ncc1C(C)(C)C.[Ir]. The van der Waals surface area contributed by atoms with Crippen LogP contribution in [0.3, 0.4) is 0 Å². The van der Waals surface area contributed by atoms with Gasteiger partial charge in [-0.15, -0.1) is 47.3 Å². The van der Waals surface area contributed by atoms with Crippen LogP contribution in [0.1, 0.15) is 72.1 Å². The van der Waals surface area contributed by atoms with E-state index in [0.717, 1.165) is 52.2 Å². The molecule has 6 aromatic carbocycles. The molecule has 0 aliphatic carbocycles. The van der Waals surface area contributed by atoms with Crippen molar-refractivity contribution in [1.82, 2.24) is 14.5 Å². The number of benzene rings is 6. The van der Waals surface area contributed by atoms with Crippen LogP contribution in [0.4, 0.5) is 0 Å². The van der Waals surface area contributed by atoms with Crippen molar-refractivity contribution < 1.29 is 20.1 Å². The molecule has 9 aromatic rings. The van der Waals surface area contributed by atoms with Gasteiger partial charge >= 0.3 is 0 Å². The molecule has 1 radical (unpaired) electrons. The van der Waals surface area contributed by atoms with E-state index in [9.17, 15) is 0 Å². The van der Waals surface area contributed by atoms with E-state index < -0.39 is 0 Å². The van der Waals surface area contributed by atoms with Crippen LogP contribution >= 0.6 is 11.3 Å². The Morgan fingerprint density at radius 3 is 1.95 bits per heavy atom. The molecule has 3 aromatic heterocycles. The fourth-order valence-corrected chi connectivity index (χ4v) is 9.20. The maximum atomic E-state index is 5.27. The zero-order chi connectivity index (χ0) is 42.7. The van der Waals surface area contributed by atoms with Crippen molar-refractivity contribution in [3.63, 3.8) is 0 Å². The average molecular weight is 1010 g/mol. The molecule has 0 N–H and O–H groups in total. The monoisotopic (exact) mass is 1010 g/mol. The molecule has 0 amide bonds. The van der Waals surface area contributed by atoms with Gasteiger partial charge in [0.15, 0.2) is 0 Å². The van der Waals surface area contributed by atoms with Crippen molar-refractivity contribution in [3.8, 4) is 50.6 Å². The average Bonchev–Trinajstić information content (AvgIpc) is 3.84. The number of thiophene rings is 1. The first kappa shape index (κ1) is 44.6. The second-order valence-electron chi connectivity index (χ2n) is 18.7. The van der Waals surface area contributed by atoms with E-state index in [0.29, 0.717) is 5.92 Å². The molecule has 0 bridgehead atoms. The van der Waals surface area contributed by atoms with Crippen LogP contribution in [0.5, 0.6) is 0 Å². The molecule has 0 fully saturated rings. The summed E-state index contributed by atoms with van der Waals surface area (Å²) in [6.45, 7) is 18.2. The van der Waals surface area contributed by atoms with Gasteiger partial charge in [-0.1, -0.05) is 186 Å². The molecular weight excluding hydrogens is 951 g/mol. The van der Waals surface area contributed by atoms with Gasteiger partial charge in [0.1, 0.15) is 0 Å². The zero-order valence-electron chi connectivity index (χ0n) is 37.1. The summed E-state index contributed by atoms with van der Waals surface area (Å²) in [5, 5.41) is 4.86. The third-order valence-electron chi connectivity index (χ3n) is 10.9. The maximum absolute atomic E-state index is 5.27. The fraction of sp³-hybridized carbons (Fsp3) is 0.228. The summed E-state index contributed by atoms with van der Waals surface area (Å²) in [6, 6.07) is 56.8. The number of imidazole rings is 1. The number of hydrogen-bond acceptors (Lipinski definition) is 3. The summed E-state index contributed by atoms with van der Waals surface area (Å²) >= 11 is 1.69. The van der Waals surface area contributed by atoms with Crippen molar-refractivity contribution in [2.75, 3.05) is 0 Å². The Kier molecular flexibility index (Phi) is 13.6. The Morgan fingerprint density at radius 1 is 0.694 bits per heavy atom. The van der Waals surface area contributed by atoms with E-state index in [2.05, 4.69) is 210 Å². The molecule has 315 valence electrons. The molecule has 5 heteroatoms. The summed E-state index contributed by atoms with van der Waals surface area (Å²) in [7, 11) is 0. The topological polar surface area (TPSA) is 30.7 Å². The molecule has 62 heavy (non-hydrogen) atoms. The molecule has 0 aliphatic rings. The Hall–Kier alpha value is -5.45. The number of pyridine rings is 1. The van der Waals surface area contributed by atoms with Gasteiger partial charge in [-0.2, -0.15) is 0 Å². The van der Waals surface area contributed by atoms with Gasteiger partial charge in [0.05, 0.1) is 22.5 Å². The molecule has 3 nitrogen and oxygen atoms in total. The van der Waals surface area contributed by atoms with E-state index in [1.54, 1.807) is 11.3 Å². The van der Waals surface area contributed by atoms with E-state index in [1.165, 1.54) is 49.0 Å². The van der Waals surface area contributed by atoms with Crippen LogP contribution < -0.4 is 0 Å². The molecule has 3 heterocycles. The van der Waals surface area contributed by atoms with E-state index in [-0.39, 0.29) is 30.9 Å². The van der Waals surface area contributed by atoms with Crippen LogP contribution in [0, 0.1) is 22.8 Å². The Labute approximate surface area is 386 Å². The van der Waals surface area contributed by atoms with Gasteiger partial charge in [-0.05, 0) is 69.7 Å². The smallest absolute Gasteiger partial charge is 0.0774 e. The van der Waals surface area contributed by atoms with Crippen LogP contribution in [0.2, 0.25) is 0 Å². The summed E-state index contributed by atoms with van der Waals surface area (Å²) < 4.78 is 3.61. The summed E-state index contributed by atoms with van der Waals surface area (Å²) in [5.74, 6) is 1.56. The van der Waals surface area contributed by atoms with Crippen LogP contribution in [-0.2, 0) is 38.4 Å². The molecule has 0 spiro atoms. The maximum Gasteiger partial charge on any atom is 0.0774 e. The van der Waals surface area contributed by atoms with Crippen molar-refractivity contribution in [2.45, 2.75) is 73.6 Å². The van der Waals surface area contributed by atoms with Gasteiger partial charge in [0.2, 0.25) is 0 Å². The number of para-hydroxylation sites is 3. The standard InChI is InChI=1S/C38H31N2S.C19H24N.Ir/c1-38(2,3)24-26-21-22-31-32(25-41-35(31)23-26)37-39-33-19-10-11-20-34(33)40(37)36-29(27-13-6-4-7-14-27)17-12-18-30(36)28-15-8-5-9-16-28;1-14(2)11-16-12-18(15-9-7-6-8-10-15)20-13-17(16)19(3,4)5;/h4-23H,24H2,1-3H3;6-9,12-14H,11H2,1-5H3;/q2*-1;. The second-order valence-corrected chi connectivity index (χ2v) is 19.5. The van der Waals surface area contributed by atoms with Gasteiger partial charge in [-0.3, -0.25) is 16.3 Å². The van der Waals surface area contributed by atoms with Crippen LogP contribution in [-0.4, -0.2) is 14.5 Å². The molecule has 0 saturated heterocycles. The molecular formula is C57H55IrN3S-2. The molecule has 9 rings (SSSR count). The van der Waals surface area contributed by atoms with Gasteiger partial charge in [0, 0.05) is 37.4 Å². The normalized spacial score (nSPS) is 11.7. The first-order valence-electron chi connectivity index (χ1n) is 21.5. The minimum Gasteiger partial charge on any atom is -0.332 e. The summed E-state index contributed by atoms with van der Waals surface area (Å²) in [5.41, 5.74) is 15.5. The largest absolute Gasteiger partial charge is 0.332 e. The number of nitrogens with zero attached hydrogens (tertiary/aromatic N) is 3. The molecule has 0 aliphatic heterocycles. The molecule has 0 unspecified atom stereocenters. The van der Waals surface area contributed by atoms with E-state index >= 15 is 0 Å². The minimum absolute atomic E-state index is 0. The fourth-order valence-electron chi connectivity index (χ4n) is 8.29. The summed E-state index contributed by atoms with van der Waals surface area (Å²) in [6.07, 6.45) is 4.18. The number of hydrogen-bond donors (Lipinski definition) is 0. The van der Waals surface area contributed by atoms with Crippen LogP contribution in [0.15, 0.2) is 158 Å². The van der Waals surface area contributed by atoms with Crippen molar-refractivity contribution in [1.29, 1.82) is 0 Å². The van der Waals surface area contributed by atoms with Crippen LogP contribution in [0.25, 0.3) is 71.7 Å². The third kappa shape index (κ3) is 9.92. The van der Waals surface area contributed by atoms with Crippen molar-refractivity contribution in [2.24, 2.45) is 11.3 Å². The quantitative estimate of drug-likeness (QED) is 0.142. The predicted molar refractivity (Wildman–Crippen MR) is 261 cm³/mol. The first-order chi connectivity index (χ1) is 29.3. The van der Waals surface area contributed by atoms with Gasteiger partial charge in [0.25, 0.3) is 0 Å². The minimum atomic E-state index is 0. The molecule has 0 atom stereocenters.